The number of aliphatic carboxylic acids is 1. The second kappa shape index (κ2) is 4.62. The van der Waals surface area contributed by atoms with E-state index in [4.69, 9.17) is 15.3 Å². The number of benzene rings is 1. The lowest BCUT2D eigenvalue weighted by atomic mass is 10.0. The third-order valence-electron chi connectivity index (χ3n) is 2.65. The highest BCUT2D eigenvalue weighted by atomic mass is 16.4. The Balaban J connectivity index is 2.66. The maximum atomic E-state index is 11.4. The largest absolute Gasteiger partial charge is 0.508 e. The SMILES string of the molecule is NC(Cc1cc(=O)oc2cc(O)cc(O)c12)C(=O)O. The maximum absolute atomic E-state index is 11.4. The van der Waals surface area contributed by atoms with E-state index in [0.29, 0.717) is 0 Å². The predicted molar refractivity (Wildman–Crippen MR) is 65.1 cm³/mol. The number of nitrogens with two attached hydrogens (primary N) is 1. The summed E-state index contributed by atoms with van der Waals surface area (Å²) in [6.45, 7) is 0. The Labute approximate surface area is 106 Å². The van der Waals surface area contributed by atoms with Crippen LogP contribution in [0.15, 0.2) is 27.4 Å². The van der Waals surface area contributed by atoms with Gasteiger partial charge in [-0.25, -0.2) is 4.79 Å². The smallest absolute Gasteiger partial charge is 0.336 e. The fraction of sp³-hybridized carbons (Fsp3) is 0.167. The van der Waals surface area contributed by atoms with Crippen LogP contribution in [0, 0.1) is 0 Å². The van der Waals surface area contributed by atoms with Crippen molar-refractivity contribution in [2.75, 3.05) is 0 Å². The molecular weight excluding hydrogens is 254 g/mol. The number of rotatable bonds is 3. The minimum Gasteiger partial charge on any atom is -0.508 e. The molecule has 0 spiro atoms. The van der Waals surface area contributed by atoms with Crippen LogP contribution in [0.1, 0.15) is 5.56 Å². The van der Waals surface area contributed by atoms with E-state index in [9.17, 15) is 19.8 Å². The molecule has 0 saturated carbocycles. The molecule has 1 atom stereocenters. The molecule has 1 aromatic carbocycles. The summed E-state index contributed by atoms with van der Waals surface area (Å²) in [5.74, 6) is -1.81. The van der Waals surface area contributed by atoms with Gasteiger partial charge in [-0.1, -0.05) is 0 Å². The summed E-state index contributed by atoms with van der Waals surface area (Å²) >= 11 is 0. The van der Waals surface area contributed by atoms with Crippen molar-refractivity contribution in [1.82, 2.24) is 0 Å². The highest BCUT2D eigenvalue weighted by molar-refractivity contribution is 5.88. The number of aromatic hydroxyl groups is 2. The number of fused-ring (bicyclic) bond motifs is 1. The van der Waals surface area contributed by atoms with Crippen LogP contribution in [0.4, 0.5) is 0 Å². The average molecular weight is 265 g/mol. The highest BCUT2D eigenvalue weighted by Gasteiger charge is 2.17. The first-order chi connectivity index (χ1) is 8.88. The number of carboxylic acid groups (broad SMARTS) is 1. The van der Waals surface area contributed by atoms with Gasteiger partial charge in [0.15, 0.2) is 0 Å². The Bertz CT molecular complexity index is 705. The van der Waals surface area contributed by atoms with Crippen molar-refractivity contribution < 1.29 is 24.5 Å². The zero-order chi connectivity index (χ0) is 14.2. The van der Waals surface area contributed by atoms with E-state index in [0.717, 1.165) is 18.2 Å². The Morgan fingerprint density at radius 1 is 1.32 bits per heavy atom. The number of carboxylic acids is 1. The van der Waals surface area contributed by atoms with Crippen LogP contribution in [-0.4, -0.2) is 27.3 Å². The normalized spacial score (nSPS) is 12.5. The molecule has 2 aromatic rings. The molecular formula is C12H11NO6. The number of carbonyl (C=O) groups is 1. The molecule has 7 nitrogen and oxygen atoms in total. The summed E-state index contributed by atoms with van der Waals surface area (Å²) in [6.07, 6.45) is -0.143. The van der Waals surface area contributed by atoms with Crippen LogP contribution in [0.5, 0.6) is 11.5 Å². The molecule has 0 bridgehead atoms. The van der Waals surface area contributed by atoms with Gasteiger partial charge >= 0.3 is 11.6 Å². The van der Waals surface area contributed by atoms with Gasteiger partial charge in [0, 0.05) is 18.2 Å². The van der Waals surface area contributed by atoms with E-state index in [1.54, 1.807) is 0 Å². The standard InChI is InChI=1S/C12H11NO6/c13-7(12(17)18)1-5-2-10(16)19-9-4-6(14)3-8(15)11(5)9/h2-4,7,14-15H,1,13H2,(H,17,18). The van der Waals surface area contributed by atoms with Crippen molar-refractivity contribution in [3.8, 4) is 11.5 Å². The molecule has 1 heterocycles. The second-order valence-corrected chi connectivity index (χ2v) is 4.08. The van der Waals surface area contributed by atoms with Gasteiger partial charge < -0.3 is 25.5 Å². The van der Waals surface area contributed by atoms with Crippen molar-refractivity contribution >= 4 is 16.9 Å². The first-order valence-electron chi connectivity index (χ1n) is 5.35. The molecule has 0 saturated heterocycles. The molecule has 0 fully saturated rings. The first-order valence-corrected chi connectivity index (χ1v) is 5.35. The van der Waals surface area contributed by atoms with Crippen molar-refractivity contribution in [2.45, 2.75) is 12.5 Å². The first kappa shape index (κ1) is 12.9. The monoisotopic (exact) mass is 265 g/mol. The molecule has 5 N–H and O–H groups in total. The Morgan fingerprint density at radius 2 is 2.00 bits per heavy atom. The van der Waals surface area contributed by atoms with Gasteiger partial charge in [0.25, 0.3) is 0 Å². The molecule has 0 amide bonds. The Hall–Kier alpha value is -2.54. The minimum absolute atomic E-state index is 0.0300. The average Bonchev–Trinajstić information content (AvgIpc) is 2.26. The van der Waals surface area contributed by atoms with Gasteiger partial charge in [0.1, 0.15) is 23.1 Å². The van der Waals surface area contributed by atoms with E-state index in [1.807, 2.05) is 0 Å². The van der Waals surface area contributed by atoms with Crippen LogP contribution >= 0.6 is 0 Å². The fourth-order valence-electron chi connectivity index (χ4n) is 1.83. The van der Waals surface area contributed by atoms with Gasteiger partial charge in [-0.2, -0.15) is 0 Å². The lowest BCUT2D eigenvalue weighted by Crippen LogP contribution is -2.32. The van der Waals surface area contributed by atoms with Gasteiger partial charge in [-0.3, -0.25) is 4.79 Å². The van der Waals surface area contributed by atoms with Crippen molar-refractivity contribution in [1.29, 1.82) is 0 Å². The van der Waals surface area contributed by atoms with Gasteiger partial charge in [0.2, 0.25) is 0 Å². The third-order valence-corrected chi connectivity index (χ3v) is 2.65. The Kier molecular flexibility index (Phi) is 3.14. The lowest BCUT2D eigenvalue weighted by molar-refractivity contribution is -0.138. The van der Waals surface area contributed by atoms with Gasteiger partial charge in [-0.15, -0.1) is 0 Å². The van der Waals surface area contributed by atoms with Crippen LogP contribution in [-0.2, 0) is 11.2 Å². The summed E-state index contributed by atoms with van der Waals surface area (Å²) in [4.78, 5) is 22.1. The van der Waals surface area contributed by atoms with Crippen LogP contribution in [0.2, 0.25) is 0 Å². The molecule has 100 valence electrons. The van der Waals surface area contributed by atoms with E-state index >= 15 is 0 Å². The third kappa shape index (κ3) is 2.50. The lowest BCUT2D eigenvalue weighted by Gasteiger charge is -2.10. The minimum atomic E-state index is -1.22. The second-order valence-electron chi connectivity index (χ2n) is 4.08. The van der Waals surface area contributed by atoms with Crippen molar-refractivity contribution in [3.05, 3.63) is 34.2 Å². The van der Waals surface area contributed by atoms with Crippen LogP contribution in [0.3, 0.4) is 0 Å². The summed E-state index contributed by atoms with van der Waals surface area (Å²) in [5, 5.41) is 28.0. The van der Waals surface area contributed by atoms with Crippen LogP contribution in [0.25, 0.3) is 11.0 Å². The maximum Gasteiger partial charge on any atom is 0.336 e. The molecule has 2 rings (SSSR count). The molecule has 1 unspecified atom stereocenters. The molecule has 7 heteroatoms. The van der Waals surface area contributed by atoms with E-state index in [1.165, 1.54) is 0 Å². The predicted octanol–water partition coefficient (Wildman–Crippen LogP) is 0.159. The van der Waals surface area contributed by atoms with Gasteiger partial charge in [-0.05, 0) is 12.0 Å². The summed E-state index contributed by atoms with van der Waals surface area (Å²) in [5.41, 5.74) is 4.91. The van der Waals surface area contributed by atoms with Crippen molar-refractivity contribution in [3.63, 3.8) is 0 Å². The van der Waals surface area contributed by atoms with Crippen molar-refractivity contribution in [2.24, 2.45) is 5.73 Å². The van der Waals surface area contributed by atoms with E-state index in [-0.39, 0.29) is 34.5 Å². The molecule has 19 heavy (non-hydrogen) atoms. The summed E-state index contributed by atoms with van der Waals surface area (Å²) in [6, 6.07) is 2.09. The molecule has 0 aliphatic heterocycles. The van der Waals surface area contributed by atoms with Crippen LogP contribution < -0.4 is 11.4 Å². The Morgan fingerprint density at radius 3 is 2.63 bits per heavy atom. The highest BCUT2D eigenvalue weighted by Crippen LogP contribution is 2.31. The molecule has 0 radical (unpaired) electrons. The number of phenolic OH excluding ortho intramolecular Hbond substituents is 2. The van der Waals surface area contributed by atoms with E-state index < -0.39 is 17.6 Å². The molecule has 0 aliphatic rings. The molecule has 0 aliphatic carbocycles. The topological polar surface area (TPSA) is 134 Å². The quantitative estimate of drug-likeness (QED) is 0.580. The number of hydrogen-bond donors (Lipinski definition) is 4. The summed E-state index contributed by atoms with van der Waals surface area (Å²) < 4.78 is 4.84. The van der Waals surface area contributed by atoms with Gasteiger partial charge in [0.05, 0.1) is 5.39 Å². The number of phenols is 2. The summed E-state index contributed by atoms with van der Waals surface area (Å²) in [7, 11) is 0. The number of hydrogen-bond acceptors (Lipinski definition) is 6. The zero-order valence-electron chi connectivity index (χ0n) is 9.66. The molecule has 1 aromatic heterocycles. The zero-order valence-corrected chi connectivity index (χ0v) is 9.66. The van der Waals surface area contributed by atoms with E-state index in [2.05, 4.69) is 0 Å². The fourth-order valence-corrected chi connectivity index (χ4v) is 1.83.